The second-order valence-electron chi connectivity index (χ2n) is 5.94. The Kier molecular flexibility index (Phi) is 8.25. The summed E-state index contributed by atoms with van der Waals surface area (Å²) in [5.41, 5.74) is 2.22. The van der Waals surface area contributed by atoms with E-state index in [-0.39, 0.29) is 0 Å². The van der Waals surface area contributed by atoms with Gasteiger partial charge in [-0.15, -0.1) is 0 Å². The number of hydrogen-bond donors (Lipinski definition) is 0. The molecule has 0 unspecified atom stereocenters. The van der Waals surface area contributed by atoms with Crippen LogP contribution in [0.2, 0.25) is 0 Å². The molecule has 24 heavy (non-hydrogen) atoms. The van der Waals surface area contributed by atoms with Gasteiger partial charge in [-0.3, -0.25) is 0 Å². The van der Waals surface area contributed by atoms with Crippen LogP contribution in [0.25, 0.3) is 11.4 Å². The molecule has 0 spiro atoms. The van der Waals surface area contributed by atoms with Gasteiger partial charge in [-0.05, 0) is 42.7 Å². The molecule has 1 aromatic heterocycles. The Morgan fingerprint density at radius 3 is 2.25 bits per heavy atom. The predicted molar refractivity (Wildman–Crippen MR) is 97.3 cm³/mol. The van der Waals surface area contributed by atoms with Crippen LogP contribution in [0.4, 0.5) is 0 Å². The third-order valence-corrected chi connectivity index (χ3v) is 3.94. The zero-order valence-electron chi connectivity index (χ0n) is 14.8. The Morgan fingerprint density at radius 1 is 0.875 bits per heavy atom. The van der Waals surface area contributed by atoms with Gasteiger partial charge in [-0.25, -0.2) is 9.97 Å². The molecule has 1 heterocycles. The van der Waals surface area contributed by atoms with Gasteiger partial charge in [0.25, 0.3) is 0 Å². The van der Waals surface area contributed by atoms with Gasteiger partial charge in [0, 0.05) is 25.1 Å². The van der Waals surface area contributed by atoms with Crippen molar-refractivity contribution in [1.29, 1.82) is 0 Å². The van der Waals surface area contributed by atoms with E-state index in [2.05, 4.69) is 16.9 Å². The summed E-state index contributed by atoms with van der Waals surface area (Å²) in [5.74, 6) is 1.59. The van der Waals surface area contributed by atoms with Crippen molar-refractivity contribution in [3.8, 4) is 17.1 Å². The van der Waals surface area contributed by atoms with Crippen LogP contribution in [0.1, 0.15) is 44.6 Å². The number of methoxy groups -OCH3 is 1. The van der Waals surface area contributed by atoms with Gasteiger partial charge in [0.05, 0.1) is 6.61 Å². The summed E-state index contributed by atoms with van der Waals surface area (Å²) >= 11 is 0. The monoisotopic (exact) mass is 328 g/mol. The minimum absolute atomic E-state index is 0.555. The zero-order chi connectivity index (χ0) is 17.0. The highest BCUT2D eigenvalue weighted by Gasteiger charge is 2.03. The Balaban J connectivity index is 1.83. The largest absolute Gasteiger partial charge is 0.491 e. The Bertz CT molecular complexity index is 567. The van der Waals surface area contributed by atoms with Crippen molar-refractivity contribution in [2.45, 2.75) is 45.4 Å². The van der Waals surface area contributed by atoms with Crippen molar-refractivity contribution in [3.63, 3.8) is 0 Å². The van der Waals surface area contributed by atoms with Crippen molar-refractivity contribution in [1.82, 2.24) is 9.97 Å². The van der Waals surface area contributed by atoms with Crippen molar-refractivity contribution in [2.24, 2.45) is 0 Å². The molecule has 0 aliphatic rings. The maximum Gasteiger partial charge on any atom is 0.159 e. The fourth-order valence-electron chi connectivity index (χ4n) is 2.51. The van der Waals surface area contributed by atoms with E-state index < -0.39 is 0 Å². The zero-order valence-corrected chi connectivity index (χ0v) is 14.8. The summed E-state index contributed by atoms with van der Waals surface area (Å²) in [4.78, 5) is 8.99. The molecule has 0 N–H and O–H groups in total. The molecule has 2 rings (SSSR count). The molecule has 0 amide bonds. The van der Waals surface area contributed by atoms with E-state index in [1.165, 1.54) is 37.7 Å². The van der Waals surface area contributed by atoms with Gasteiger partial charge in [0.1, 0.15) is 12.4 Å². The quantitative estimate of drug-likeness (QED) is 0.562. The number of rotatable bonds is 11. The van der Waals surface area contributed by atoms with Gasteiger partial charge in [-0.1, -0.05) is 32.6 Å². The lowest BCUT2D eigenvalue weighted by Gasteiger charge is -2.07. The van der Waals surface area contributed by atoms with Gasteiger partial charge < -0.3 is 9.47 Å². The van der Waals surface area contributed by atoms with Crippen LogP contribution in [0.5, 0.6) is 5.75 Å². The smallest absolute Gasteiger partial charge is 0.159 e. The lowest BCUT2D eigenvalue weighted by Crippen LogP contribution is -2.04. The SMILES string of the molecule is CCCCCCCc1cnc(-c2ccc(OCCOC)cc2)nc1. The van der Waals surface area contributed by atoms with Crippen LogP contribution in [0.15, 0.2) is 36.7 Å². The van der Waals surface area contributed by atoms with Crippen LogP contribution in [0, 0.1) is 0 Å². The molecule has 2 aromatic rings. The average molecular weight is 328 g/mol. The molecule has 0 fully saturated rings. The minimum Gasteiger partial charge on any atom is -0.491 e. The average Bonchev–Trinajstić information content (AvgIpc) is 2.63. The van der Waals surface area contributed by atoms with Crippen molar-refractivity contribution < 1.29 is 9.47 Å². The van der Waals surface area contributed by atoms with Crippen molar-refractivity contribution in [3.05, 3.63) is 42.2 Å². The highest BCUT2D eigenvalue weighted by Crippen LogP contribution is 2.19. The van der Waals surface area contributed by atoms with Crippen LogP contribution < -0.4 is 4.74 Å². The third kappa shape index (κ3) is 6.28. The number of benzene rings is 1. The van der Waals surface area contributed by atoms with E-state index in [4.69, 9.17) is 9.47 Å². The molecule has 0 aliphatic heterocycles. The second-order valence-corrected chi connectivity index (χ2v) is 5.94. The number of aryl methyl sites for hydroxylation is 1. The molecule has 4 heteroatoms. The maximum atomic E-state index is 5.56. The van der Waals surface area contributed by atoms with E-state index in [0.29, 0.717) is 13.2 Å². The van der Waals surface area contributed by atoms with E-state index in [1.54, 1.807) is 7.11 Å². The molecule has 0 saturated carbocycles. The fraction of sp³-hybridized carbons (Fsp3) is 0.500. The molecular weight excluding hydrogens is 300 g/mol. The number of ether oxygens (including phenoxy) is 2. The highest BCUT2D eigenvalue weighted by molar-refractivity contribution is 5.55. The standard InChI is InChI=1S/C20H28N2O2/c1-3-4-5-6-7-8-17-15-21-20(22-16-17)18-9-11-19(12-10-18)24-14-13-23-2/h9-12,15-16H,3-8,13-14H2,1-2H3. The number of aromatic nitrogens is 2. The second kappa shape index (κ2) is 10.8. The Hall–Kier alpha value is -1.94. The summed E-state index contributed by atoms with van der Waals surface area (Å²) in [5, 5.41) is 0. The summed E-state index contributed by atoms with van der Waals surface area (Å²) in [6.45, 7) is 3.38. The van der Waals surface area contributed by atoms with Crippen molar-refractivity contribution in [2.75, 3.05) is 20.3 Å². The van der Waals surface area contributed by atoms with Crippen LogP contribution in [-0.4, -0.2) is 30.3 Å². The Morgan fingerprint density at radius 2 is 1.58 bits per heavy atom. The van der Waals surface area contributed by atoms with Gasteiger partial charge in [-0.2, -0.15) is 0 Å². The first-order valence-electron chi connectivity index (χ1n) is 8.86. The lowest BCUT2D eigenvalue weighted by atomic mass is 10.1. The molecule has 0 saturated heterocycles. The summed E-state index contributed by atoms with van der Waals surface area (Å²) < 4.78 is 10.5. The first-order chi connectivity index (χ1) is 11.8. The number of nitrogens with zero attached hydrogens (tertiary/aromatic N) is 2. The molecule has 0 atom stereocenters. The first kappa shape index (κ1) is 18.4. The van der Waals surface area contributed by atoms with Crippen LogP contribution in [-0.2, 0) is 11.2 Å². The first-order valence-corrected chi connectivity index (χ1v) is 8.86. The molecule has 0 bridgehead atoms. The molecule has 4 nitrogen and oxygen atoms in total. The summed E-state index contributed by atoms with van der Waals surface area (Å²) in [6, 6.07) is 7.86. The van der Waals surface area contributed by atoms with E-state index >= 15 is 0 Å². The molecule has 0 aliphatic carbocycles. The summed E-state index contributed by atoms with van der Waals surface area (Å²) in [7, 11) is 1.67. The maximum absolute atomic E-state index is 5.56. The Labute approximate surface area is 145 Å². The third-order valence-electron chi connectivity index (χ3n) is 3.94. The fourth-order valence-corrected chi connectivity index (χ4v) is 2.51. The molecule has 130 valence electrons. The van der Waals surface area contributed by atoms with Gasteiger partial charge in [0.2, 0.25) is 0 Å². The predicted octanol–water partition coefficient (Wildman–Crippen LogP) is 4.68. The van der Waals surface area contributed by atoms with E-state index in [0.717, 1.165) is 23.6 Å². The van der Waals surface area contributed by atoms with E-state index in [9.17, 15) is 0 Å². The number of unbranched alkanes of at least 4 members (excludes halogenated alkanes) is 4. The van der Waals surface area contributed by atoms with E-state index in [1.807, 2.05) is 36.7 Å². The minimum atomic E-state index is 0.555. The molecule has 0 radical (unpaired) electrons. The molecular formula is C20H28N2O2. The molecule has 1 aromatic carbocycles. The lowest BCUT2D eigenvalue weighted by molar-refractivity contribution is 0.146. The highest BCUT2D eigenvalue weighted by atomic mass is 16.5. The van der Waals surface area contributed by atoms with Gasteiger partial charge >= 0.3 is 0 Å². The topological polar surface area (TPSA) is 44.2 Å². The van der Waals surface area contributed by atoms with Crippen molar-refractivity contribution >= 4 is 0 Å². The number of hydrogen-bond acceptors (Lipinski definition) is 4. The van der Waals surface area contributed by atoms with Crippen LogP contribution >= 0.6 is 0 Å². The normalized spacial score (nSPS) is 10.8. The van der Waals surface area contributed by atoms with Crippen LogP contribution in [0.3, 0.4) is 0 Å². The van der Waals surface area contributed by atoms with Gasteiger partial charge in [0.15, 0.2) is 5.82 Å². The summed E-state index contributed by atoms with van der Waals surface area (Å²) in [6.07, 6.45) is 11.4.